The van der Waals surface area contributed by atoms with Crippen molar-refractivity contribution in [2.45, 2.75) is 12.8 Å². The molecule has 0 saturated heterocycles. The number of rotatable bonds is 2. The van der Waals surface area contributed by atoms with E-state index in [-0.39, 0.29) is 5.91 Å². The molecule has 0 unspecified atom stereocenters. The molecule has 118 valence electrons. The molecule has 2 aromatic rings. The predicted molar refractivity (Wildman–Crippen MR) is 91.6 cm³/mol. The lowest BCUT2D eigenvalue weighted by Crippen LogP contribution is -2.46. The number of methoxy groups -OCH3 is 1. The van der Waals surface area contributed by atoms with E-state index in [1.165, 1.54) is 17.7 Å². The number of hydrogen-bond donors (Lipinski definition) is 0. The Bertz CT molecular complexity index is 757. The van der Waals surface area contributed by atoms with Gasteiger partial charge in [0.1, 0.15) is 5.75 Å². The van der Waals surface area contributed by atoms with Crippen LogP contribution in [-0.4, -0.2) is 32.7 Å². The van der Waals surface area contributed by atoms with E-state index in [0.29, 0.717) is 17.9 Å². The van der Waals surface area contributed by atoms with Crippen LogP contribution in [0.2, 0.25) is 0 Å². The molecule has 0 aromatic heterocycles. The number of carbonyl (C=O) groups excluding carboxylic acids is 1. The van der Waals surface area contributed by atoms with Gasteiger partial charge >= 0.3 is 0 Å². The van der Waals surface area contributed by atoms with Crippen LogP contribution in [0.1, 0.15) is 22.3 Å². The number of aryl methyl sites for hydroxylation is 1. The standard InChI is InChI=1S/C19H20N2O2/c1-23-17-10-3-2-8-15(17)19(22)21-13-12-20-11-5-7-14-6-4-9-16(21)18(14)20/h2-4,6,8-10H,5,7,11-13H2,1H3. The number of anilines is 2. The zero-order valence-corrected chi connectivity index (χ0v) is 13.3. The third-order valence-electron chi connectivity index (χ3n) is 4.76. The average Bonchev–Trinajstić information content (AvgIpc) is 2.62. The van der Waals surface area contributed by atoms with Crippen molar-refractivity contribution < 1.29 is 9.53 Å². The van der Waals surface area contributed by atoms with Crippen molar-refractivity contribution in [1.29, 1.82) is 0 Å². The molecule has 2 aromatic carbocycles. The van der Waals surface area contributed by atoms with E-state index in [2.05, 4.69) is 23.1 Å². The molecule has 0 atom stereocenters. The Labute approximate surface area is 136 Å². The van der Waals surface area contributed by atoms with Crippen molar-refractivity contribution in [3.8, 4) is 5.75 Å². The molecular formula is C19H20N2O2. The maximum Gasteiger partial charge on any atom is 0.262 e. The first-order valence-electron chi connectivity index (χ1n) is 8.11. The van der Waals surface area contributed by atoms with Gasteiger partial charge in [0.15, 0.2) is 0 Å². The quantitative estimate of drug-likeness (QED) is 0.854. The van der Waals surface area contributed by atoms with Gasteiger partial charge in [-0.1, -0.05) is 24.3 Å². The van der Waals surface area contributed by atoms with Gasteiger partial charge < -0.3 is 14.5 Å². The van der Waals surface area contributed by atoms with Gasteiger partial charge in [0.25, 0.3) is 5.91 Å². The second kappa shape index (κ2) is 5.61. The number of nitrogens with zero attached hydrogens (tertiary/aromatic N) is 2. The summed E-state index contributed by atoms with van der Waals surface area (Å²) >= 11 is 0. The highest BCUT2D eigenvalue weighted by Crippen LogP contribution is 2.40. The van der Waals surface area contributed by atoms with Crippen molar-refractivity contribution in [1.82, 2.24) is 0 Å². The number of ether oxygens (including phenoxy) is 1. The first kappa shape index (κ1) is 14.1. The minimum absolute atomic E-state index is 0.0149. The molecule has 2 aliphatic rings. The summed E-state index contributed by atoms with van der Waals surface area (Å²) < 4.78 is 5.36. The number of benzene rings is 2. The first-order valence-corrected chi connectivity index (χ1v) is 8.11. The summed E-state index contributed by atoms with van der Waals surface area (Å²) in [5.74, 6) is 0.644. The molecule has 23 heavy (non-hydrogen) atoms. The Morgan fingerprint density at radius 3 is 2.78 bits per heavy atom. The molecule has 1 amide bonds. The Morgan fingerprint density at radius 1 is 1.04 bits per heavy atom. The van der Waals surface area contributed by atoms with Crippen LogP contribution < -0.4 is 14.5 Å². The topological polar surface area (TPSA) is 32.8 Å². The van der Waals surface area contributed by atoms with Crippen molar-refractivity contribution in [3.63, 3.8) is 0 Å². The average molecular weight is 308 g/mol. The van der Waals surface area contributed by atoms with Gasteiger partial charge in [-0.3, -0.25) is 4.79 Å². The largest absolute Gasteiger partial charge is 0.496 e. The zero-order chi connectivity index (χ0) is 15.8. The van der Waals surface area contributed by atoms with Crippen LogP contribution in [0, 0.1) is 0 Å². The number of carbonyl (C=O) groups is 1. The SMILES string of the molecule is COc1ccccc1C(=O)N1CCN2CCCc3cccc1c32. The van der Waals surface area contributed by atoms with Crippen LogP contribution in [0.15, 0.2) is 42.5 Å². The van der Waals surface area contributed by atoms with E-state index in [9.17, 15) is 4.79 Å². The Kier molecular flexibility index (Phi) is 3.45. The van der Waals surface area contributed by atoms with Crippen molar-refractivity contribution in [2.75, 3.05) is 36.5 Å². The monoisotopic (exact) mass is 308 g/mol. The summed E-state index contributed by atoms with van der Waals surface area (Å²) in [7, 11) is 1.61. The summed E-state index contributed by atoms with van der Waals surface area (Å²) in [6.07, 6.45) is 2.28. The predicted octanol–water partition coefficient (Wildman–Crippen LogP) is 3.11. The van der Waals surface area contributed by atoms with Gasteiger partial charge in [0, 0.05) is 19.6 Å². The second-order valence-corrected chi connectivity index (χ2v) is 6.03. The first-order chi connectivity index (χ1) is 11.3. The Balaban J connectivity index is 1.77. The van der Waals surface area contributed by atoms with Gasteiger partial charge in [-0.25, -0.2) is 0 Å². The van der Waals surface area contributed by atoms with Gasteiger partial charge in [0.2, 0.25) is 0 Å². The maximum absolute atomic E-state index is 13.1. The van der Waals surface area contributed by atoms with E-state index in [1.807, 2.05) is 29.2 Å². The molecule has 0 spiro atoms. The molecule has 0 aliphatic carbocycles. The molecule has 0 N–H and O–H groups in total. The molecule has 2 heterocycles. The highest BCUT2D eigenvalue weighted by atomic mass is 16.5. The Morgan fingerprint density at radius 2 is 1.91 bits per heavy atom. The van der Waals surface area contributed by atoms with E-state index < -0.39 is 0 Å². The van der Waals surface area contributed by atoms with Crippen LogP contribution in [-0.2, 0) is 6.42 Å². The van der Waals surface area contributed by atoms with E-state index in [1.54, 1.807) is 7.11 Å². The second-order valence-electron chi connectivity index (χ2n) is 6.03. The minimum Gasteiger partial charge on any atom is -0.496 e. The summed E-state index contributed by atoms with van der Waals surface area (Å²) in [5.41, 5.74) is 4.25. The third-order valence-corrected chi connectivity index (χ3v) is 4.76. The van der Waals surface area contributed by atoms with Crippen molar-refractivity contribution >= 4 is 17.3 Å². The lowest BCUT2D eigenvalue weighted by molar-refractivity contribution is 0.0983. The van der Waals surface area contributed by atoms with Gasteiger partial charge in [0.05, 0.1) is 24.0 Å². The maximum atomic E-state index is 13.1. The number of amides is 1. The molecule has 2 aliphatic heterocycles. The smallest absolute Gasteiger partial charge is 0.262 e. The van der Waals surface area contributed by atoms with Crippen molar-refractivity contribution in [3.05, 3.63) is 53.6 Å². The summed E-state index contributed by atoms with van der Waals surface area (Å²) in [6, 6.07) is 13.7. The number of para-hydroxylation sites is 2. The van der Waals surface area contributed by atoms with Crippen LogP contribution in [0.25, 0.3) is 0 Å². The van der Waals surface area contributed by atoms with Gasteiger partial charge in [-0.05, 0) is 36.6 Å². The fourth-order valence-corrected chi connectivity index (χ4v) is 3.68. The van der Waals surface area contributed by atoms with E-state index in [0.717, 1.165) is 25.2 Å². The van der Waals surface area contributed by atoms with Gasteiger partial charge in [-0.15, -0.1) is 0 Å². The molecule has 0 radical (unpaired) electrons. The highest BCUT2D eigenvalue weighted by Gasteiger charge is 2.31. The molecule has 0 bridgehead atoms. The molecule has 4 rings (SSSR count). The molecular weight excluding hydrogens is 288 g/mol. The lowest BCUT2D eigenvalue weighted by atomic mass is 9.97. The van der Waals surface area contributed by atoms with Crippen molar-refractivity contribution in [2.24, 2.45) is 0 Å². The number of hydrogen-bond acceptors (Lipinski definition) is 3. The molecule has 0 fully saturated rings. The van der Waals surface area contributed by atoms with Crippen LogP contribution in [0.3, 0.4) is 0 Å². The molecule has 4 nitrogen and oxygen atoms in total. The normalized spacial score (nSPS) is 16.0. The fourth-order valence-electron chi connectivity index (χ4n) is 3.68. The highest BCUT2D eigenvalue weighted by molar-refractivity contribution is 6.10. The van der Waals surface area contributed by atoms with E-state index in [4.69, 9.17) is 4.74 Å². The van der Waals surface area contributed by atoms with E-state index >= 15 is 0 Å². The van der Waals surface area contributed by atoms with Crippen LogP contribution in [0.4, 0.5) is 11.4 Å². The zero-order valence-electron chi connectivity index (χ0n) is 13.3. The Hall–Kier alpha value is -2.49. The van der Waals surface area contributed by atoms with Crippen LogP contribution >= 0.6 is 0 Å². The third kappa shape index (κ3) is 2.25. The summed E-state index contributed by atoms with van der Waals surface area (Å²) in [5, 5.41) is 0. The van der Waals surface area contributed by atoms with Gasteiger partial charge in [-0.2, -0.15) is 0 Å². The van der Waals surface area contributed by atoms with Crippen LogP contribution in [0.5, 0.6) is 5.75 Å². The minimum atomic E-state index is 0.0149. The molecule has 4 heteroatoms. The lowest BCUT2D eigenvalue weighted by Gasteiger charge is -2.41. The fraction of sp³-hybridized carbons (Fsp3) is 0.316. The summed E-state index contributed by atoms with van der Waals surface area (Å²) in [4.78, 5) is 17.4. The summed E-state index contributed by atoms with van der Waals surface area (Å²) in [6.45, 7) is 2.69. The molecule has 0 saturated carbocycles.